The monoisotopic (exact) mass is 221 g/mol. The van der Waals surface area contributed by atoms with E-state index in [4.69, 9.17) is 0 Å². The molecule has 1 heterocycles. The van der Waals surface area contributed by atoms with Crippen LogP contribution in [0.3, 0.4) is 0 Å². The Kier molecular flexibility index (Phi) is 2.68. The van der Waals surface area contributed by atoms with Gasteiger partial charge in [-0.2, -0.15) is 0 Å². The summed E-state index contributed by atoms with van der Waals surface area (Å²) in [5.74, 6) is 0.582. The second-order valence-electron chi connectivity index (χ2n) is 4.40. The predicted molar refractivity (Wildman–Crippen MR) is 62.8 cm³/mol. The van der Waals surface area contributed by atoms with Gasteiger partial charge in [-0.25, -0.2) is 9.37 Å². The summed E-state index contributed by atoms with van der Waals surface area (Å²) in [5.41, 5.74) is 1.30. The number of rotatable bonds is 3. The summed E-state index contributed by atoms with van der Waals surface area (Å²) in [5, 5.41) is 3.33. The molecule has 0 saturated carbocycles. The van der Waals surface area contributed by atoms with Gasteiger partial charge in [0.25, 0.3) is 0 Å². The summed E-state index contributed by atoms with van der Waals surface area (Å²) in [7, 11) is 0. The molecule has 1 aromatic heterocycles. The van der Waals surface area contributed by atoms with E-state index in [1.54, 1.807) is 6.07 Å². The van der Waals surface area contributed by atoms with E-state index in [1.165, 1.54) is 12.1 Å². The first kappa shape index (κ1) is 11.1. The third kappa shape index (κ3) is 1.93. The van der Waals surface area contributed by atoms with Gasteiger partial charge in [0, 0.05) is 0 Å². The number of H-pyrrole nitrogens is 1. The summed E-state index contributed by atoms with van der Waals surface area (Å²) in [6.07, 6.45) is 0. The molecule has 1 aromatic carbocycles. The van der Waals surface area contributed by atoms with E-state index < -0.39 is 0 Å². The molecule has 2 N–H and O–H groups in total. The van der Waals surface area contributed by atoms with Crippen LogP contribution in [0.4, 0.5) is 4.39 Å². The van der Waals surface area contributed by atoms with Crippen LogP contribution in [0.1, 0.15) is 26.6 Å². The van der Waals surface area contributed by atoms with Crippen molar-refractivity contribution >= 4 is 11.0 Å². The first-order valence-electron chi connectivity index (χ1n) is 5.43. The first-order valence-corrected chi connectivity index (χ1v) is 5.43. The Morgan fingerprint density at radius 1 is 1.44 bits per heavy atom. The fraction of sp³-hybridized carbons (Fsp3) is 0.417. The number of benzene rings is 1. The fourth-order valence-electron chi connectivity index (χ4n) is 1.80. The molecule has 0 atom stereocenters. The maximum absolute atomic E-state index is 13.0. The average Bonchev–Trinajstić information content (AvgIpc) is 2.61. The third-order valence-electron chi connectivity index (χ3n) is 2.65. The Morgan fingerprint density at radius 3 is 2.88 bits per heavy atom. The van der Waals surface area contributed by atoms with Crippen LogP contribution in [0.25, 0.3) is 11.0 Å². The van der Waals surface area contributed by atoms with Gasteiger partial charge in [-0.05, 0) is 38.6 Å². The molecule has 0 spiro atoms. The van der Waals surface area contributed by atoms with E-state index in [9.17, 15) is 4.39 Å². The van der Waals surface area contributed by atoms with Crippen molar-refractivity contribution in [2.24, 2.45) is 0 Å². The van der Waals surface area contributed by atoms with Crippen molar-refractivity contribution in [3.05, 3.63) is 29.8 Å². The Labute approximate surface area is 94.1 Å². The molecule has 0 saturated heterocycles. The van der Waals surface area contributed by atoms with Crippen LogP contribution >= 0.6 is 0 Å². The van der Waals surface area contributed by atoms with Gasteiger partial charge < -0.3 is 10.3 Å². The van der Waals surface area contributed by atoms with Crippen LogP contribution in [0.15, 0.2) is 18.2 Å². The number of imidazole rings is 1. The van der Waals surface area contributed by atoms with Gasteiger partial charge in [0.1, 0.15) is 11.6 Å². The zero-order chi connectivity index (χ0) is 11.8. The summed E-state index contributed by atoms with van der Waals surface area (Å²) in [6.45, 7) is 7.00. The topological polar surface area (TPSA) is 40.7 Å². The van der Waals surface area contributed by atoms with Crippen molar-refractivity contribution in [1.29, 1.82) is 0 Å². The standard InChI is InChI=1S/C12H16FN3/c1-4-14-12(2,3)11-15-9-6-5-8(13)7-10(9)16-11/h5-7,14H,4H2,1-3H3,(H,15,16). The van der Waals surface area contributed by atoms with Gasteiger partial charge in [0.05, 0.1) is 16.6 Å². The van der Waals surface area contributed by atoms with Gasteiger partial charge in [-0.3, -0.25) is 0 Å². The quantitative estimate of drug-likeness (QED) is 0.836. The van der Waals surface area contributed by atoms with E-state index in [-0.39, 0.29) is 11.4 Å². The highest BCUT2D eigenvalue weighted by atomic mass is 19.1. The van der Waals surface area contributed by atoms with Gasteiger partial charge >= 0.3 is 0 Å². The Balaban J connectivity index is 2.46. The zero-order valence-electron chi connectivity index (χ0n) is 9.76. The number of aromatic amines is 1. The van der Waals surface area contributed by atoms with Crippen LogP contribution in [0.5, 0.6) is 0 Å². The second kappa shape index (κ2) is 3.87. The lowest BCUT2D eigenvalue weighted by Crippen LogP contribution is -2.37. The van der Waals surface area contributed by atoms with E-state index in [1.807, 2.05) is 20.8 Å². The highest BCUT2D eigenvalue weighted by Gasteiger charge is 2.22. The highest BCUT2D eigenvalue weighted by Crippen LogP contribution is 2.21. The largest absolute Gasteiger partial charge is 0.340 e. The van der Waals surface area contributed by atoms with Crippen molar-refractivity contribution < 1.29 is 4.39 Å². The van der Waals surface area contributed by atoms with Gasteiger partial charge in [-0.15, -0.1) is 0 Å². The van der Waals surface area contributed by atoms with Gasteiger partial charge in [-0.1, -0.05) is 6.92 Å². The van der Waals surface area contributed by atoms with Gasteiger partial charge in [0.15, 0.2) is 0 Å². The lowest BCUT2D eigenvalue weighted by atomic mass is 10.1. The van der Waals surface area contributed by atoms with E-state index in [0.717, 1.165) is 23.4 Å². The second-order valence-corrected chi connectivity index (χ2v) is 4.40. The summed E-state index contributed by atoms with van der Waals surface area (Å²) in [6, 6.07) is 4.58. The molecule has 3 nitrogen and oxygen atoms in total. The van der Waals surface area contributed by atoms with Crippen molar-refractivity contribution in [2.45, 2.75) is 26.3 Å². The Morgan fingerprint density at radius 2 is 2.19 bits per heavy atom. The molecule has 2 aromatic rings. The molecule has 0 unspecified atom stereocenters. The average molecular weight is 221 g/mol. The van der Waals surface area contributed by atoms with Crippen molar-refractivity contribution in [2.75, 3.05) is 6.54 Å². The summed E-state index contributed by atoms with van der Waals surface area (Å²) < 4.78 is 13.0. The van der Waals surface area contributed by atoms with Gasteiger partial charge in [0.2, 0.25) is 0 Å². The molecule has 0 aliphatic heterocycles. The Hall–Kier alpha value is -1.42. The van der Waals surface area contributed by atoms with Crippen LogP contribution < -0.4 is 5.32 Å². The fourth-order valence-corrected chi connectivity index (χ4v) is 1.80. The predicted octanol–water partition coefficient (Wildman–Crippen LogP) is 2.55. The van der Waals surface area contributed by atoms with Crippen molar-refractivity contribution in [3.63, 3.8) is 0 Å². The lowest BCUT2D eigenvalue weighted by Gasteiger charge is -2.22. The lowest BCUT2D eigenvalue weighted by molar-refractivity contribution is 0.395. The van der Waals surface area contributed by atoms with E-state index in [2.05, 4.69) is 15.3 Å². The molecule has 2 rings (SSSR count). The smallest absolute Gasteiger partial charge is 0.127 e. The maximum atomic E-state index is 13.0. The highest BCUT2D eigenvalue weighted by molar-refractivity contribution is 5.75. The number of halogens is 1. The van der Waals surface area contributed by atoms with Crippen molar-refractivity contribution in [1.82, 2.24) is 15.3 Å². The number of nitrogens with zero attached hydrogens (tertiary/aromatic N) is 1. The molecule has 0 bridgehead atoms. The molecule has 0 fully saturated rings. The minimum Gasteiger partial charge on any atom is -0.340 e. The van der Waals surface area contributed by atoms with Crippen LogP contribution in [-0.2, 0) is 5.54 Å². The SMILES string of the molecule is CCNC(C)(C)c1nc2ccc(F)cc2[nH]1. The normalized spacial score (nSPS) is 12.2. The molecule has 86 valence electrons. The van der Waals surface area contributed by atoms with Crippen molar-refractivity contribution in [3.8, 4) is 0 Å². The molecular weight excluding hydrogens is 205 g/mol. The zero-order valence-corrected chi connectivity index (χ0v) is 9.76. The number of aromatic nitrogens is 2. The summed E-state index contributed by atoms with van der Waals surface area (Å²) in [4.78, 5) is 7.61. The third-order valence-corrected chi connectivity index (χ3v) is 2.65. The number of hydrogen-bond acceptors (Lipinski definition) is 2. The maximum Gasteiger partial charge on any atom is 0.127 e. The number of nitrogens with one attached hydrogen (secondary N) is 2. The van der Waals surface area contributed by atoms with E-state index >= 15 is 0 Å². The molecule has 16 heavy (non-hydrogen) atoms. The molecule has 0 radical (unpaired) electrons. The molecular formula is C12H16FN3. The molecule has 0 amide bonds. The Bertz CT molecular complexity index is 502. The minimum atomic E-state index is -0.246. The van der Waals surface area contributed by atoms with E-state index in [0.29, 0.717) is 0 Å². The van der Waals surface area contributed by atoms with Crippen LogP contribution in [-0.4, -0.2) is 16.5 Å². The number of hydrogen-bond donors (Lipinski definition) is 2. The summed E-state index contributed by atoms with van der Waals surface area (Å²) >= 11 is 0. The minimum absolute atomic E-state index is 0.232. The van der Waals surface area contributed by atoms with Crippen LogP contribution in [0, 0.1) is 5.82 Å². The number of fused-ring (bicyclic) bond motifs is 1. The first-order chi connectivity index (χ1) is 7.53. The van der Waals surface area contributed by atoms with Crippen LogP contribution in [0.2, 0.25) is 0 Å². The molecule has 4 heteroatoms. The molecule has 0 aliphatic rings. The molecule has 0 aliphatic carbocycles.